The molecule has 4 rings (SSSR count). The van der Waals surface area contributed by atoms with Crippen molar-refractivity contribution in [2.45, 2.75) is 39.5 Å². The van der Waals surface area contributed by atoms with Gasteiger partial charge in [0.2, 0.25) is 0 Å². The van der Waals surface area contributed by atoms with Crippen LogP contribution >= 0.6 is 0 Å². The van der Waals surface area contributed by atoms with Gasteiger partial charge < -0.3 is 0 Å². The van der Waals surface area contributed by atoms with Crippen LogP contribution in [0.15, 0.2) is 48.6 Å². The van der Waals surface area contributed by atoms with Crippen LogP contribution < -0.4 is 0 Å². The second-order valence-electron chi connectivity index (χ2n) is 6.29. The van der Waals surface area contributed by atoms with E-state index in [-0.39, 0.29) is 0 Å². The minimum absolute atomic E-state index is 1.08. The fourth-order valence-electron chi connectivity index (χ4n) is 4.08. The predicted molar refractivity (Wildman–Crippen MR) is 95.2 cm³/mol. The minimum Gasteiger partial charge on any atom is -0.0801 e. The van der Waals surface area contributed by atoms with Gasteiger partial charge in [-0.3, -0.25) is 0 Å². The maximum absolute atomic E-state index is 2.47. The van der Waals surface area contributed by atoms with Gasteiger partial charge in [-0.25, -0.2) is 0 Å². The maximum Gasteiger partial charge on any atom is -0.000719 e. The molecule has 0 unspecified atom stereocenters. The van der Waals surface area contributed by atoms with Crippen molar-refractivity contribution in [1.29, 1.82) is 0 Å². The Bertz CT molecular complexity index is 803. The Morgan fingerprint density at radius 1 is 0.955 bits per heavy atom. The number of aryl methyl sites for hydroxylation is 2. The first kappa shape index (κ1) is 13.6. The minimum atomic E-state index is 1.08. The van der Waals surface area contributed by atoms with Crippen molar-refractivity contribution in [2.75, 3.05) is 0 Å². The molecule has 2 aromatic carbocycles. The van der Waals surface area contributed by atoms with Gasteiger partial charge in [-0.05, 0) is 70.2 Å². The molecule has 0 aromatic heterocycles. The highest BCUT2D eigenvalue weighted by atomic mass is 14.3. The summed E-state index contributed by atoms with van der Waals surface area (Å²) in [6, 6.07) is 11.4. The Morgan fingerprint density at radius 2 is 1.73 bits per heavy atom. The number of fused-ring (bicyclic) bond motifs is 3. The SMILES string of the molecule is CCc1cc(CC)c2c(c1C1=CC=CC1)Cc1ccccc1-2. The molecule has 0 bridgehead atoms. The van der Waals surface area contributed by atoms with E-state index < -0.39 is 0 Å². The lowest BCUT2D eigenvalue weighted by molar-refractivity contribution is 1.06. The number of rotatable bonds is 3. The van der Waals surface area contributed by atoms with Crippen molar-refractivity contribution in [3.8, 4) is 11.1 Å². The Balaban J connectivity index is 2.02. The van der Waals surface area contributed by atoms with Crippen LogP contribution in [0.2, 0.25) is 0 Å². The Labute approximate surface area is 133 Å². The summed E-state index contributed by atoms with van der Waals surface area (Å²) >= 11 is 0. The third-order valence-electron chi connectivity index (χ3n) is 5.10. The average molecular weight is 286 g/mol. The average Bonchev–Trinajstić information content (AvgIpc) is 3.20. The van der Waals surface area contributed by atoms with Crippen LogP contribution in [0.4, 0.5) is 0 Å². The third-order valence-corrected chi connectivity index (χ3v) is 5.10. The smallest absolute Gasteiger partial charge is 0.000719 e. The van der Waals surface area contributed by atoms with Gasteiger partial charge in [-0.1, -0.05) is 62.4 Å². The number of benzene rings is 2. The molecular weight excluding hydrogens is 264 g/mol. The molecule has 0 radical (unpaired) electrons. The van der Waals surface area contributed by atoms with E-state index in [2.05, 4.69) is 62.4 Å². The van der Waals surface area contributed by atoms with Crippen LogP contribution in [0.3, 0.4) is 0 Å². The molecule has 0 nitrogen and oxygen atoms in total. The fourth-order valence-corrected chi connectivity index (χ4v) is 4.08. The van der Waals surface area contributed by atoms with Crippen LogP contribution in [0.25, 0.3) is 16.7 Å². The lowest BCUT2D eigenvalue weighted by Crippen LogP contribution is -2.01. The van der Waals surface area contributed by atoms with Crippen molar-refractivity contribution >= 4 is 5.57 Å². The summed E-state index contributed by atoms with van der Waals surface area (Å²) in [5.41, 5.74) is 12.1. The molecule has 0 saturated heterocycles. The molecule has 0 atom stereocenters. The standard InChI is InChI=1S/C22H22/c1-3-15-13-16(4-2)22-19-12-8-7-11-18(19)14-20(22)21(15)17-9-5-6-10-17/h5-9,11-13H,3-4,10,14H2,1-2H3. The van der Waals surface area contributed by atoms with Crippen molar-refractivity contribution < 1.29 is 0 Å². The lowest BCUT2D eigenvalue weighted by Gasteiger charge is -2.18. The molecule has 2 aromatic rings. The van der Waals surface area contributed by atoms with Crippen LogP contribution in [0.5, 0.6) is 0 Å². The molecule has 0 heteroatoms. The molecule has 0 heterocycles. The van der Waals surface area contributed by atoms with Crippen LogP contribution in [0, 0.1) is 0 Å². The molecule has 0 spiro atoms. The van der Waals surface area contributed by atoms with Crippen LogP contribution in [-0.4, -0.2) is 0 Å². The Morgan fingerprint density at radius 3 is 2.45 bits per heavy atom. The van der Waals surface area contributed by atoms with Gasteiger partial charge in [0.1, 0.15) is 0 Å². The highest BCUT2D eigenvalue weighted by molar-refractivity contribution is 5.88. The van der Waals surface area contributed by atoms with Gasteiger partial charge in [-0.2, -0.15) is 0 Å². The highest BCUT2D eigenvalue weighted by Crippen LogP contribution is 2.45. The zero-order valence-electron chi connectivity index (χ0n) is 13.4. The normalized spacial score (nSPS) is 14.9. The first-order chi connectivity index (χ1) is 10.8. The summed E-state index contributed by atoms with van der Waals surface area (Å²) in [6.45, 7) is 4.57. The topological polar surface area (TPSA) is 0 Å². The molecule has 110 valence electrons. The predicted octanol–water partition coefficient (Wildman–Crippen LogP) is 5.73. The quantitative estimate of drug-likeness (QED) is 0.577. The maximum atomic E-state index is 2.47. The highest BCUT2D eigenvalue weighted by Gasteiger charge is 2.26. The summed E-state index contributed by atoms with van der Waals surface area (Å²) in [4.78, 5) is 0. The largest absolute Gasteiger partial charge is 0.0801 e. The lowest BCUT2D eigenvalue weighted by atomic mass is 9.86. The fraction of sp³-hybridized carbons (Fsp3) is 0.273. The Kier molecular flexibility index (Phi) is 3.26. The van der Waals surface area contributed by atoms with Crippen molar-refractivity contribution in [3.63, 3.8) is 0 Å². The van der Waals surface area contributed by atoms with Gasteiger partial charge in [0.15, 0.2) is 0 Å². The molecule has 22 heavy (non-hydrogen) atoms. The van der Waals surface area contributed by atoms with Crippen LogP contribution in [-0.2, 0) is 19.3 Å². The van der Waals surface area contributed by atoms with Crippen molar-refractivity contribution in [1.82, 2.24) is 0 Å². The summed E-state index contributed by atoms with van der Waals surface area (Å²) in [6.07, 6.45) is 11.2. The number of allylic oxidation sites excluding steroid dienone is 4. The van der Waals surface area contributed by atoms with E-state index in [1.54, 1.807) is 5.56 Å². The van der Waals surface area contributed by atoms with Crippen molar-refractivity contribution in [2.24, 2.45) is 0 Å². The second kappa shape index (κ2) is 5.28. The molecule has 0 fully saturated rings. The first-order valence-corrected chi connectivity index (χ1v) is 8.45. The molecule has 0 N–H and O–H groups in total. The number of hydrogen-bond donors (Lipinski definition) is 0. The number of hydrogen-bond acceptors (Lipinski definition) is 0. The van der Waals surface area contributed by atoms with E-state index in [0.717, 1.165) is 25.7 Å². The van der Waals surface area contributed by atoms with Gasteiger partial charge in [-0.15, -0.1) is 0 Å². The first-order valence-electron chi connectivity index (χ1n) is 8.45. The molecule has 0 amide bonds. The van der Waals surface area contributed by atoms with E-state index in [4.69, 9.17) is 0 Å². The zero-order chi connectivity index (χ0) is 15.1. The third kappa shape index (κ3) is 1.90. The molecule has 2 aliphatic carbocycles. The zero-order valence-corrected chi connectivity index (χ0v) is 13.4. The summed E-state index contributed by atoms with van der Waals surface area (Å²) < 4.78 is 0. The van der Waals surface area contributed by atoms with Crippen molar-refractivity contribution in [3.05, 3.63) is 76.4 Å². The summed E-state index contributed by atoms with van der Waals surface area (Å²) in [5, 5.41) is 0. The van der Waals surface area contributed by atoms with Gasteiger partial charge in [0.25, 0.3) is 0 Å². The molecule has 2 aliphatic rings. The van der Waals surface area contributed by atoms with E-state index in [0.29, 0.717) is 0 Å². The van der Waals surface area contributed by atoms with E-state index in [1.807, 2.05) is 0 Å². The van der Waals surface area contributed by atoms with E-state index >= 15 is 0 Å². The molecule has 0 saturated carbocycles. The van der Waals surface area contributed by atoms with Gasteiger partial charge in [0.05, 0.1) is 0 Å². The Hall–Kier alpha value is -2.08. The van der Waals surface area contributed by atoms with Gasteiger partial charge >= 0.3 is 0 Å². The van der Waals surface area contributed by atoms with Crippen LogP contribution in [0.1, 0.15) is 48.1 Å². The molecular formula is C22H22. The second-order valence-corrected chi connectivity index (χ2v) is 6.29. The molecule has 0 aliphatic heterocycles. The van der Waals surface area contributed by atoms with Gasteiger partial charge in [0, 0.05) is 0 Å². The van der Waals surface area contributed by atoms with E-state index in [9.17, 15) is 0 Å². The monoisotopic (exact) mass is 286 g/mol. The van der Waals surface area contributed by atoms with E-state index in [1.165, 1.54) is 39.0 Å². The summed E-state index contributed by atoms with van der Waals surface area (Å²) in [5.74, 6) is 0. The summed E-state index contributed by atoms with van der Waals surface area (Å²) in [7, 11) is 0.